The molecule has 4 atom stereocenters. The summed E-state index contributed by atoms with van der Waals surface area (Å²) in [5, 5.41) is 5.59. The highest BCUT2D eigenvalue weighted by molar-refractivity contribution is 7.92. The number of rotatable bonds is 11. The van der Waals surface area contributed by atoms with Crippen molar-refractivity contribution in [1.29, 1.82) is 0 Å². The van der Waals surface area contributed by atoms with Gasteiger partial charge in [0.15, 0.2) is 5.78 Å². The van der Waals surface area contributed by atoms with Gasteiger partial charge in [-0.15, -0.1) is 0 Å². The number of carbonyl (C=O) groups excluding carboxylic acids is 1. The Morgan fingerprint density at radius 3 is 2.60 bits per heavy atom. The van der Waals surface area contributed by atoms with Crippen molar-refractivity contribution in [3.05, 3.63) is 64.8 Å². The summed E-state index contributed by atoms with van der Waals surface area (Å²) in [6, 6.07) is 9.71. The van der Waals surface area contributed by atoms with E-state index in [2.05, 4.69) is 20.6 Å². The van der Waals surface area contributed by atoms with Crippen LogP contribution in [0.15, 0.2) is 42.6 Å². The third-order valence-electron chi connectivity index (χ3n) is 10.3. The number of aromatic nitrogens is 2. The molecule has 258 valence electrons. The topological polar surface area (TPSA) is 117 Å². The number of nitrogens with zero attached hydrogens (tertiary/aromatic N) is 4. The van der Waals surface area contributed by atoms with E-state index in [4.69, 9.17) is 4.74 Å². The van der Waals surface area contributed by atoms with E-state index < -0.39 is 39.2 Å². The number of ketones is 1. The monoisotopic (exact) mass is 690 g/mol. The highest BCUT2D eigenvalue weighted by atomic mass is 32.2. The second-order valence-electron chi connectivity index (χ2n) is 13.2. The van der Waals surface area contributed by atoms with Gasteiger partial charge in [0.2, 0.25) is 16.0 Å². The molecule has 10 nitrogen and oxygen atoms in total. The summed E-state index contributed by atoms with van der Waals surface area (Å²) in [6.45, 7) is 2.81. The molecule has 48 heavy (non-hydrogen) atoms. The summed E-state index contributed by atoms with van der Waals surface area (Å²) in [5.74, 6) is -0.296. The normalized spacial score (nSPS) is 24.9. The van der Waals surface area contributed by atoms with Crippen LogP contribution in [-0.4, -0.2) is 75.8 Å². The van der Waals surface area contributed by atoms with Gasteiger partial charge < -0.3 is 20.3 Å². The molecule has 3 aliphatic rings. The Morgan fingerprint density at radius 1 is 1.21 bits per heavy atom. The van der Waals surface area contributed by atoms with Crippen LogP contribution in [-0.2, 0) is 22.7 Å². The third kappa shape index (κ3) is 5.95. The average molecular weight is 691 g/mol. The van der Waals surface area contributed by atoms with Crippen molar-refractivity contribution in [2.75, 3.05) is 55.5 Å². The number of hydrogen-bond donors (Lipinski definition) is 2. The van der Waals surface area contributed by atoms with E-state index in [9.17, 15) is 26.4 Å². The molecule has 1 spiro atoms. The van der Waals surface area contributed by atoms with Crippen LogP contribution in [0.1, 0.15) is 46.3 Å². The number of Topliss-reactive ketones (excluding diaryl/α,β-unsaturated/α-hetero) is 1. The van der Waals surface area contributed by atoms with E-state index in [0.717, 1.165) is 35.5 Å². The number of anilines is 4. The zero-order chi connectivity index (χ0) is 34.8. The van der Waals surface area contributed by atoms with Crippen LogP contribution in [0.5, 0.6) is 5.75 Å². The zero-order valence-electron chi connectivity index (χ0n) is 27.3. The van der Waals surface area contributed by atoms with Gasteiger partial charge in [-0.3, -0.25) is 9.10 Å². The number of alkyl halides is 4. The molecule has 1 aliphatic heterocycles. The SMILES string of the molecule is COc1cc(C(=O)CC23CC2C32CCN(C)C[C@H]2F)ccc1Nc1ncc(C(F)(F)F)c(NCc2ccc(C)cc2N(C)S(C)(=O)=O)n1. The summed E-state index contributed by atoms with van der Waals surface area (Å²) < 4.78 is 88.0. The number of ether oxygens (including phenoxy) is 1. The summed E-state index contributed by atoms with van der Waals surface area (Å²) in [6.07, 6.45) is -2.16. The fraction of sp³-hybridized carbons (Fsp3) is 0.485. The second-order valence-corrected chi connectivity index (χ2v) is 15.3. The lowest BCUT2D eigenvalue weighted by Gasteiger charge is -2.39. The molecule has 0 bridgehead atoms. The maximum atomic E-state index is 15.1. The van der Waals surface area contributed by atoms with Crippen molar-refractivity contribution in [1.82, 2.24) is 14.9 Å². The summed E-state index contributed by atoms with van der Waals surface area (Å²) in [4.78, 5) is 23.3. The van der Waals surface area contributed by atoms with Crippen molar-refractivity contribution in [3.63, 3.8) is 0 Å². The largest absolute Gasteiger partial charge is 0.495 e. The number of piperidine rings is 1. The standard InChI is InChI=1S/C33H38F4N6O4S/c1-19-6-7-21(24(12-19)43(3)48(5,45)46)16-38-29-22(33(35,36)37)17-39-30(41-29)40-23-9-8-20(13-26(23)47-4)25(44)14-31-15-27(31)32(31)10-11-42(2)18-28(32)34/h6-9,12-13,17,27-28H,10-11,14-16,18H2,1-5H3,(H2,38,39,40,41)/t27?,28-,31?,32?/m1/s1. The second kappa shape index (κ2) is 11.9. The lowest BCUT2D eigenvalue weighted by atomic mass is 9.76. The Labute approximate surface area is 276 Å². The third-order valence-corrected chi connectivity index (χ3v) is 11.5. The van der Waals surface area contributed by atoms with E-state index in [-0.39, 0.29) is 41.8 Å². The Morgan fingerprint density at radius 2 is 1.96 bits per heavy atom. The fourth-order valence-corrected chi connectivity index (χ4v) is 7.97. The van der Waals surface area contributed by atoms with Crippen molar-refractivity contribution < 1.29 is 35.5 Å². The highest BCUT2D eigenvalue weighted by Gasteiger charge is 2.90. The molecule has 2 heterocycles. The number of hydrogen-bond acceptors (Lipinski definition) is 9. The van der Waals surface area contributed by atoms with Crippen molar-refractivity contribution in [2.45, 2.75) is 45.1 Å². The quantitative estimate of drug-likeness (QED) is 0.190. The van der Waals surface area contributed by atoms with Crippen LogP contribution < -0.4 is 19.7 Å². The fourth-order valence-electron chi connectivity index (χ4n) is 7.45. The maximum Gasteiger partial charge on any atom is 0.421 e. The van der Waals surface area contributed by atoms with Crippen molar-refractivity contribution >= 4 is 38.9 Å². The van der Waals surface area contributed by atoms with Gasteiger partial charge >= 0.3 is 6.18 Å². The van der Waals surface area contributed by atoms with Gasteiger partial charge in [0.25, 0.3) is 0 Å². The lowest BCUT2D eigenvalue weighted by molar-refractivity contribution is -0.137. The van der Waals surface area contributed by atoms with Gasteiger partial charge in [-0.05, 0) is 80.1 Å². The first-order valence-corrected chi connectivity index (χ1v) is 17.4. The first-order chi connectivity index (χ1) is 22.5. The Kier molecular flexibility index (Phi) is 8.38. The number of methoxy groups -OCH3 is 1. The van der Waals surface area contributed by atoms with E-state index in [1.807, 2.05) is 11.9 Å². The Hall–Kier alpha value is -3.98. The molecular weight excluding hydrogens is 652 g/mol. The van der Waals surface area contributed by atoms with Gasteiger partial charge in [0.05, 0.1) is 24.7 Å². The van der Waals surface area contributed by atoms with E-state index in [0.29, 0.717) is 35.2 Å². The van der Waals surface area contributed by atoms with E-state index >= 15 is 4.39 Å². The van der Waals surface area contributed by atoms with Crippen LogP contribution in [0.2, 0.25) is 0 Å². The number of halogens is 4. The Balaban J connectivity index is 1.20. The average Bonchev–Trinajstić information content (AvgIpc) is 3.88. The molecule has 2 aliphatic carbocycles. The van der Waals surface area contributed by atoms with Crippen molar-refractivity contribution in [2.24, 2.45) is 16.7 Å². The van der Waals surface area contributed by atoms with Crippen LogP contribution in [0.4, 0.5) is 40.7 Å². The van der Waals surface area contributed by atoms with Gasteiger partial charge in [-0.2, -0.15) is 18.2 Å². The minimum atomic E-state index is -4.78. The van der Waals surface area contributed by atoms with Gasteiger partial charge in [-0.25, -0.2) is 17.8 Å². The molecular formula is C33H38F4N6O4S. The first kappa shape index (κ1) is 33.9. The number of sulfonamides is 1. The summed E-state index contributed by atoms with van der Waals surface area (Å²) in [5.41, 5.74) is 0.462. The number of fused-ring (bicyclic) bond motifs is 3. The molecule has 3 unspecified atom stereocenters. The molecule has 0 radical (unpaired) electrons. The number of likely N-dealkylation sites (tertiary alicyclic amines) is 1. The number of benzene rings is 2. The molecule has 3 fully saturated rings. The van der Waals surface area contributed by atoms with Gasteiger partial charge in [0.1, 0.15) is 23.3 Å². The lowest BCUT2D eigenvalue weighted by Crippen LogP contribution is -2.45. The van der Waals surface area contributed by atoms with Crippen LogP contribution in [0, 0.1) is 23.7 Å². The van der Waals surface area contributed by atoms with Crippen LogP contribution >= 0.6 is 0 Å². The van der Waals surface area contributed by atoms with Crippen LogP contribution in [0.25, 0.3) is 0 Å². The summed E-state index contributed by atoms with van der Waals surface area (Å²) >= 11 is 0. The molecule has 3 aromatic rings. The predicted octanol–water partition coefficient (Wildman–Crippen LogP) is 5.82. The van der Waals surface area contributed by atoms with Crippen molar-refractivity contribution in [3.8, 4) is 5.75 Å². The molecule has 1 aromatic heterocycles. The first-order valence-electron chi connectivity index (χ1n) is 15.5. The van der Waals surface area contributed by atoms with E-state index in [1.54, 1.807) is 43.3 Å². The van der Waals surface area contributed by atoms with Gasteiger partial charge in [-0.1, -0.05) is 12.1 Å². The highest BCUT2D eigenvalue weighted by Crippen LogP contribution is 2.92. The zero-order valence-corrected chi connectivity index (χ0v) is 28.1. The number of nitrogens with one attached hydrogen (secondary N) is 2. The molecule has 2 N–H and O–H groups in total. The van der Waals surface area contributed by atoms with Crippen LogP contribution in [0.3, 0.4) is 0 Å². The Bertz CT molecular complexity index is 1870. The molecule has 15 heteroatoms. The van der Waals surface area contributed by atoms with Gasteiger partial charge in [0, 0.05) is 43.7 Å². The minimum Gasteiger partial charge on any atom is -0.495 e. The molecule has 6 rings (SSSR count). The smallest absolute Gasteiger partial charge is 0.421 e. The van der Waals surface area contributed by atoms with E-state index in [1.165, 1.54) is 14.2 Å². The summed E-state index contributed by atoms with van der Waals surface area (Å²) in [7, 11) is 1.04. The molecule has 0 amide bonds. The number of aryl methyl sites for hydroxylation is 1. The molecule has 1 saturated heterocycles. The molecule has 2 saturated carbocycles. The predicted molar refractivity (Wildman–Crippen MR) is 174 cm³/mol. The maximum absolute atomic E-state index is 15.1. The minimum absolute atomic E-state index is 0.111. The molecule has 2 aromatic carbocycles. The number of carbonyl (C=O) groups is 1.